The Bertz CT molecular complexity index is 471. The van der Waals surface area contributed by atoms with Gasteiger partial charge in [-0.1, -0.05) is 23.8 Å². The highest BCUT2D eigenvalue weighted by Crippen LogP contribution is 2.19. The van der Waals surface area contributed by atoms with E-state index in [0.29, 0.717) is 6.54 Å². The Labute approximate surface area is 118 Å². The lowest BCUT2D eigenvalue weighted by Crippen LogP contribution is -2.27. The molecule has 1 amide bonds. The van der Waals surface area contributed by atoms with Crippen molar-refractivity contribution in [3.05, 3.63) is 41.5 Å². The lowest BCUT2D eigenvalue weighted by Gasteiger charge is -2.14. The molecule has 2 N–H and O–H groups in total. The first kappa shape index (κ1) is 14.2. The number of nitrogens with one attached hydrogen (secondary N) is 2. The maximum atomic E-state index is 12.1. The van der Waals surface area contributed by atoms with Crippen LogP contribution < -0.4 is 10.6 Å². The van der Waals surface area contributed by atoms with E-state index in [9.17, 15) is 4.79 Å². The largest absolute Gasteiger partial charge is 0.352 e. The summed E-state index contributed by atoms with van der Waals surface area (Å²) in [4.78, 5) is 13.1. The van der Waals surface area contributed by atoms with E-state index < -0.39 is 0 Å². The molecular weight excluding hydrogens is 256 g/mol. The number of rotatable bonds is 5. The van der Waals surface area contributed by atoms with E-state index >= 15 is 0 Å². The average molecular weight is 276 g/mol. The number of hydrogen-bond acceptors (Lipinski definition) is 3. The van der Waals surface area contributed by atoms with Gasteiger partial charge in [0.1, 0.15) is 0 Å². The van der Waals surface area contributed by atoms with Gasteiger partial charge in [0, 0.05) is 18.0 Å². The molecule has 2 rings (SSSR count). The van der Waals surface area contributed by atoms with E-state index in [4.69, 9.17) is 0 Å². The zero-order valence-corrected chi connectivity index (χ0v) is 12.1. The minimum Gasteiger partial charge on any atom is -0.352 e. The van der Waals surface area contributed by atoms with Gasteiger partial charge in [0.05, 0.1) is 5.56 Å². The van der Waals surface area contributed by atoms with Crippen LogP contribution in [0, 0.1) is 0 Å². The van der Waals surface area contributed by atoms with Crippen molar-refractivity contribution in [3.8, 4) is 0 Å². The second kappa shape index (κ2) is 7.36. The summed E-state index contributed by atoms with van der Waals surface area (Å²) in [5.74, 6) is 0.0273. The molecule has 1 aliphatic rings. The zero-order valence-electron chi connectivity index (χ0n) is 11.2. The first-order valence-corrected chi connectivity index (χ1v) is 7.83. The third-order valence-corrected chi connectivity index (χ3v) is 4.04. The summed E-state index contributed by atoms with van der Waals surface area (Å²) >= 11 is 1.60. The molecule has 0 radical (unpaired) electrons. The second-order valence-electron chi connectivity index (χ2n) is 4.52. The van der Waals surface area contributed by atoms with Gasteiger partial charge in [-0.05, 0) is 37.8 Å². The van der Waals surface area contributed by atoms with Crippen LogP contribution in [0.25, 0.3) is 0 Å². The van der Waals surface area contributed by atoms with Gasteiger partial charge in [-0.3, -0.25) is 4.79 Å². The molecule has 1 aromatic rings. The van der Waals surface area contributed by atoms with Crippen molar-refractivity contribution >= 4 is 17.7 Å². The van der Waals surface area contributed by atoms with Gasteiger partial charge in [-0.15, -0.1) is 11.8 Å². The van der Waals surface area contributed by atoms with E-state index in [0.717, 1.165) is 36.4 Å². The van der Waals surface area contributed by atoms with E-state index in [1.54, 1.807) is 11.8 Å². The highest BCUT2D eigenvalue weighted by molar-refractivity contribution is 7.98. The molecule has 0 fully saturated rings. The molecule has 1 aromatic carbocycles. The summed E-state index contributed by atoms with van der Waals surface area (Å²) in [6.07, 6.45) is 6.27. The Morgan fingerprint density at radius 2 is 2.26 bits per heavy atom. The third-order valence-electron chi connectivity index (χ3n) is 3.24. The van der Waals surface area contributed by atoms with Gasteiger partial charge >= 0.3 is 0 Å². The number of carbonyl (C=O) groups excluding carboxylic acids is 1. The van der Waals surface area contributed by atoms with Gasteiger partial charge in [0.25, 0.3) is 5.91 Å². The van der Waals surface area contributed by atoms with Crippen LogP contribution in [-0.2, 0) is 0 Å². The monoisotopic (exact) mass is 276 g/mol. The number of thioether (sulfide) groups is 1. The number of amides is 1. The molecule has 0 unspecified atom stereocenters. The topological polar surface area (TPSA) is 41.1 Å². The predicted octanol–water partition coefficient (Wildman–Crippen LogP) is 2.45. The fraction of sp³-hybridized carbons (Fsp3) is 0.400. The third kappa shape index (κ3) is 4.11. The first-order valence-electron chi connectivity index (χ1n) is 6.61. The van der Waals surface area contributed by atoms with Gasteiger partial charge in [0.2, 0.25) is 0 Å². The molecule has 0 atom stereocenters. The minimum atomic E-state index is 0.0273. The van der Waals surface area contributed by atoms with Crippen molar-refractivity contribution in [2.75, 3.05) is 25.9 Å². The molecule has 0 spiro atoms. The molecule has 102 valence electrons. The fourth-order valence-electron chi connectivity index (χ4n) is 2.16. The summed E-state index contributed by atoms with van der Waals surface area (Å²) in [5, 5.41) is 6.30. The number of hydrogen-bond donors (Lipinski definition) is 2. The Hall–Kier alpha value is -1.26. The lowest BCUT2D eigenvalue weighted by molar-refractivity contribution is 0.0951. The van der Waals surface area contributed by atoms with E-state index in [1.807, 2.05) is 30.5 Å². The zero-order chi connectivity index (χ0) is 13.5. The van der Waals surface area contributed by atoms with E-state index in [2.05, 4.69) is 16.7 Å². The molecular formula is C15H20N2OS. The highest BCUT2D eigenvalue weighted by Gasteiger charge is 2.10. The summed E-state index contributed by atoms with van der Waals surface area (Å²) in [6.45, 7) is 2.72. The second-order valence-corrected chi connectivity index (χ2v) is 5.37. The van der Waals surface area contributed by atoms with Crippen molar-refractivity contribution in [1.82, 2.24) is 10.6 Å². The molecule has 1 heterocycles. The van der Waals surface area contributed by atoms with Crippen LogP contribution in [0.15, 0.2) is 40.8 Å². The summed E-state index contributed by atoms with van der Waals surface area (Å²) in [6, 6.07) is 7.73. The van der Waals surface area contributed by atoms with E-state index in [1.165, 1.54) is 5.57 Å². The smallest absolute Gasteiger partial charge is 0.252 e. The Morgan fingerprint density at radius 1 is 1.42 bits per heavy atom. The minimum absolute atomic E-state index is 0.0273. The van der Waals surface area contributed by atoms with Crippen molar-refractivity contribution in [1.29, 1.82) is 0 Å². The van der Waals surface area contributed by atoms with Crippen LogP contribution in [0.3, 0.4) is 0 Å². The molecule has 0 aliphatic carbocycles. The molecule has 3 nitrogen and oxygen atoms in total. The van der Waals surface area contributed by atoms with Crippen molar-refractivity contribution in [3.63, 3.8) is 0 Å². The number of benzene rings is 1. The Balaban J connectivity index is 1.85. The molecule has 19 heavy (non-hydrogen) atoms. The Morgan fingerprint density at radius 3 is 3.00 bits per heavy atom. The van der Waals surface area contributed by atoms with Gasteiger partial charge < -0.3 is 10.6 Å². The van der Waals surface area contributed by atoms with Crippen molar-refractivity contribution in [2.45, 2.75) is 17.7 Å². The van der Waals surface area contributed by atoms with Gasteiger partial charge in [0.15, 0.2) is 0 Å². The summed E-state index contributed by atoms with van der Waals surface area (Å²) < 4.78 is 0. The SMILES string of the molecule is CSc1ccccc1C(=O)NCCC1=CCNCC1. The van der Waals surface area contributed by atoms with Crippen molar-refractivity contribution < 1.29 is 4.79 Å². The average Bonchev–Trinajstić information content (AvgIpc) is 2.48. The highest BCUT2D eigenvalue weighted by atomic mass is 32.2. The molecule has 0 aromatic heterocycles. The first-order chi connectivity index (χ1) is 9.31. The van der Waals surface area contributed by atoms with Gasteiger partial charge in [-0.25, -0.2) is 0 Å². The lowest BCUT2D eigenvalue weighted by atomic mass is 10.1. The Kier molecular flexibility index (Phi) is 5.48. The quantitative estimate of drug-likeness (QED) is 0.641. The van der Waals surface area contributed by atoms with Crippen LogP contribution in [0.1, 0.15) is 23.2 Å². The molecule has 0 saturated carbocycles. The fourth-order valence-corrected chi connectivity index (χ4v) is 2.76. The van der Waals surface area contributed by atoms with E-state index in [-0.39, 0.29) is 5.91 Å². The van der Waals surface area contributed by atoms with Crippen LogP contribution in [0.5, 0.6) is 0 Å². The summed E-state index contributed by atoms with van der Waals surface area (Å²) in [5.41, 5.74) is 2.21. The maximum absolute atomic E-state index is 12.1. The van der Waals surface area contributed by atoms with Crippen molar-refractivity contribution in [2.24, 2.45) is 0 Å². The summed E-state index contributed by atoms with van der Waals surface area (Å²) in [7, 11) is 0. The molecule has 4 heteroatoms. The van der Waals surface area contributed by atoms with Crippen LogP contribution >= 0.6 is 11.8 Å². The van der Waals surface area contributed by atoms with Gasteiger partial charge in [-0.2, -0.15) is 0 Å². The predicted molar refractivity (Wildman–Crippen MR) is 80.7 cm³/mol. The normalized spacial score (nSPS) is 14.9. The molecule has 0 saturated heterocycles. The number of carbonyl (C=O) groups is 1. The van der Waals surface area contributed by atoms with Crippen LogP contribution in [0.2, 0.25) is 0 Å². The molecule has 1 aliphatic heterocycles. The van der Waals surface area contributed by atoms with Crippen LogP contribution in [-0.4, -0.2) is 31.8 Å². The standard InChI is InChI=1S/C15H20N2OS/c1-19-14-5-3-2-4-13(14)15(18)17-11-8-12-6-9-16-10-7-12/h2-6,16H,7-11H2,1H3,(H,17,18). The molecule has 0 bridgehead atoms. The maximum Gasteiger partial charge on any atom is 0.252 e. The van der Waals surface area contributed by atoms with Crippen LogP contribution in [0.4, 0.5) is 0 Å².